The third-order valence-electron chi connectivity index (χ3n) is 5.56. The maximum atomic E-state index is 10.9. The van der Waals surface area contributed by atoms with Gasteiger partial charge < -0.3 is 10.2 Å². The van der Waals surface area contributed by atoms with Gasteiger partial charge in [-0.15, -0.1) is 25.6 Å². The molecule has 2 aromatic carbocycles. The molecule has 3 rings (SSSR count). The summed E-state index contributed by atoms with van der Waals surface area (Å²) in [7, 11) is 0. The Hall–Kier alpha value is -2.23. The fourth-order valence-electron chi connectivity index (χ4n) is 4.02. The maximum Gasteiger partial charge on any atom is 0.126 e. The van der Waals surface area contributed by atoms with Crippen LogP contribution >= 0.6 is 12.4 Å². The van der Waals surface area contributed by atoms with Gasteiger partial charge in [-0.1, -0.05) is 25.1 Å². The van der Waals surface area contributed by atoms with Crippen molar-refractivity contribution in [2.45, 2.75) is 45.6 Å². The van der Waals surface area contributed by atoms with Crippen molar-refractivity contribution in [2.75, 3.05) is 13.1 Å². The van der Waals surface area contributed by atoms with Gasteiger partial charge in [0.25, 0.3) is 0 Å². The fraction of sp³-hybridized carbons (Fsp3) is 0.360. The lowest BCUT2D eigenvalue weighted by atomic mass is 9.92. The Balaban J connectivity index is 0.00000300. The molecule has 1 heterocycles. The number of allylic oxidation sites excluding steroid dienone is 2. The predicted octanol–water partition coefficient (Wildman–Crippen LogP) is 5.80. The third kappa shape index (κ3) is 5.23. The van der Waals surface area contributed by atoms with Gasteiger partial charge >= 0.3 is 0 Å². The van der Waals surface area contributed by atoms with Crippen molar-refractivity contribution >= 4 is 12.4 Å². The van der Waals surface area contributed by atoms with Crippen LogP contribution in [0.1, 0.15) is 42.0 Å². The molecule has 3 nitrogen and oxygen atoms in total. The third-order valence-corrected chi connectivity index (χ3v) is 5.56. The molecule has 0 aliphatic carbocycles. The van der Waals surface area contributed by atoms with Crippen LogP contribution in [0.25, 0.3) is 11.1 Å². The molecule has 0 radical (unpaired) electrons. The van der Waals surface area contributed by atoms with Crippen molar-refractivity contribution in [1.82, 2.24) is 4.90 Å². The van der Waals surface area contributed by atoms with E-state index in [9.17, 15) is 10.2 Å². The highest BCUT2D eigenvalue weighted by atomic mass is 35.5. The molecule has 4 heteroatoms. The molecule has 0 bridgehead atoms. The molecule has 2 aromatic rings. The minimum atomic E-state index is 0. The Kier molecular flexibility index (Phi) is 8.36. The number of aromatic hydroxyl groups is 2. The first-order chi connectivity index (χ1) is 13.6. The summed E-state index contributed by atoms with van der Waals surface area (Å²) in [6, 6.07) is 8.13. The predicted molar refractivity (Wildman–Crippen MR) is 124 cm³/mol. The molecule has 0 spiro atoms. The zero-order valence-electron chi connectivity index (χ0n) is 17.3. The summed E-state index contributed by atoms with van der Waals surface area (Å²) in [6.45, 7) is 12.6. The second kappa shape index (κ2) is 10.5. The Labute approximate surface area is 180 Å². The van der Waals surface area contributed by atoms with Crippen LogP contribution < -0.4 is 0 Å². The van der Waals surface area contributed by atoms with Gasteiger partial charge in [0.05, 0.1) is 0 Å². The number of phenols is 2. The van der Waals surface area contributed by atoms with E-state index in [1.54, 1.807) is 0 Å². The highest BCUT2D eigenvalue weighted by Gasteiger charge is 2.18. The number of aryl methyl sites for hydroxylation is 1. The lowest BCUT2D eigenvalue weighted by Crippen LogP contribution is -2.18. The van der Waals surface area contributed by atoms with Gasteiger partial charge in [-0.05, 0) is 85.6 Å². The Morgan fingerprint density at radius 1 is 0.897 bits per heavy atom. The van der Waals surface area contributed by atoms with Crippen molar-refractivity contribution in [3.05, 3.63) is 71.8 Å². The second-order valence-electron chi connectivity index (χ2n) is 7.62. The first-order valence-corrected chi connectivity index (χ1v) is 10.2. The van der Waals surface area contributed by atoms with Crippen molar-refractivity contribution in [3.63, 3.8) is 0 Å². The van der Waals surface area contributed by atoms with Gasteiger partial charge in [0.2, 0.25) is 0 Å². The van der Waals surface area contributed by atoms with Crippen LogP contribution in [0.5, 0.6) is 11.5 Å². The summed E-state index contributed by atoms with van der Waals surface area (Å²) in [4.78, 5) is 2.38. The summed E-state index contributed by atoms with van der Waals surface area (Å²) in [5.74, 6) is 0.660. The normalized spacial score (nSPS) is 13.8. The monoisotopic (exact) mass is 413 g/mol. The number of hydrogen-bond acceptors (Lipinski definition) is 3. The van der Waals surface area contributed by atoms with Crippen molar-refractivity contribution in [2.24, 2.45) is 0 Å². The molecular formula is C25H32ClNO2. The van der Waals surface area contributed by atoms with Gasteiger partial charge in [-0.2, -0.15) is 0 Å². The molecule has 1 aliphatic rings. The first kappa shape index (κ1) is 23.1. The topological polar surface area (TPSA) is 43.7 Å². The van der Waals surface area contributed by atoms with Crippen LogP contribution in [-0.2, 0) is 25.8 Å². The Bertz CT molecular complexity index is 870. The number of likely N-dealkylation sites (tertiary alicyclic amines) is 1. The van der Waals surface area contributed by atoms with E-state index in [1.165, 1.54) is 18.4 Å². The molecule has 0 atom stereocenters. The average molecular weight is 414 g/mol. The number of halogens is 1. The summed E-state index contributed by atoms with van der Waals surface area (Å²) in [5, 5.41) is 21.7. The van der Waals surface area contributed by atoms with Crippen LogP contribution in [0, 0.1) is 0 Å². The number of nitrogens with zero attached hydrogens (tertiary/aromatic N) is 1. The molecule has 2 N–H and O–H groups in total. The molecule has 0 amide bonds. The van der Waals surface area contributed by atoms with Gasteiger partial charge in [-0.3, -0.25) is 4.90 Å². The summed E-state index contributed by atoms with van der Waals surface area (Å²) < 4.78 is 0. The van der Waals surface area contributed by atoms with Crippen LogP contribution in [-0.4, -0.2) is 28.2 Å². The van der Waals surface area contributed by atoms with Crippen molar-refractivity contribution < 1.29 is 10.2 Å². The van der Waals surface area contributed by atoms with Crippen LogP contribution in [0.2, 0.25) is 0 Å². The van der Waals surface area contributed by atoms with E-state index >= 15 is 0 Å². The van der Waals surface area contributed by atoms with Crippen molar-refractivity contribution in [1.29, 1.82) is 0 Å². The highest BCUT2D eigenvalue weighted by molar-refractivity contribution is 5.85. The van der Waals surface area contributed by atoms with Crippen LogP contribution in [0.15, 0.2) is 49.6 Å². The minimum absolute atomic E-state index is 0. The van der Waals surface area contributed by atoms with Crippen molar-refractivity contribution in [3.8, 4) is 22.6 Å². The zero-order chi connectivity index (χ0) is 20.1. The highest BCUT2D eigenvalue weighted by Crippen LogP contribution is 2.38. The molecule has 1 saturated heterocycles. The van der Waals surface area contributed by atoms with E-state index in [1.807, 2.05) is 24.3 Å². The largest absolute Gasteiger partial charge is 0.507 e. The smallest absolute Gasteiger partial charge is 0.126 e. The number of hydrogen-bond donors (Lipinski definition) is 2. The van der Waals surface area contributed by atoms with Gasteiger partial charge in [-0.25, -0.2) is 0 Å². The Morgan fingerprint density at radius 2 is 1.48 bits per heavy atom. The van der Waals surface area contributed by atoms with Gasteiger partial charge in [0.15, 0.2) is 0 Å². The van der Waals surface area contributed by atoms with E-state index in [4.69, 9.17) is 0 Å². The summed E-state index contributed by atoms with van der Waals surface area (Å²) >= 11 is 0. The first-order valence-electron chi connectivity index (χ1n) is 10.2. The quantitative estimate of drug-likeness (QED) is 0.537. The molecule has 0 saturated carbocycles. The van der Waals surface area contributed by atoms with E-state index in [0.29, 0.717) is 24.3 Å². The van der Waals surface area contributed by atoms with E-state index in [0.717, 1.165) is 53.9 Å². The molecule has 0 aromatic heterocycles. The maximum absolute atomic E-state index is 10.9. The molecule has 1 aliphatic heterocycles. The average Bonchev–Trinajstić information content (AvgIpc) is 3.20. The van der Waals surface area contributed by atoms with E-state index in [-0.39, 0.29) is 12.4 Å². The molecule has 29 heavy (non-hydrogen) atoms. The molecule has 156 valence electrons. The van der Waals surface area contributed by atoms with E-state index in [2.05, 4.69) is 37.1 Å². The van der Waals surface area contributed by atoms with E-state index < -0.39 is 0 Å². The second-order valence-corrected chi connectivity index (χ2v) is 7.62. The summed E-state index contributed by atoms with van der Waals surface area (Å²) in [5.41, 5.74) is 5.62. The Morgan fingerprint density at radius 3 is 2.07 bits per heavy atom. The van der Waals surface area contributed by atoms with Gasteiger partial charge in [0, 0.05) is 17.7 Å². The molecular weight excluding hydrogens is 382 g/mol. The number of rotatable bonds is 8. The summed E-state index contributed by atoms with van der Waals surface area (Å²) in [6.07, 6.45) is 8.18. The fourth-order valence-corrected chi connectivity index (χ4v) is 4.02. The number of benzene rings is 2. The standard InChI is InChI=1S/C25H31NO2.ClH/c1-4-9-19-13-18(6-3)14-23(25(19)28)21-15-20(10-5-2)24(27)22(16-21)17-26-11-7-8-12-26;/h4-5,13-16,27-28H,1-2,6-12,17H2,3H3;1H. The van der Waals surface area contributed by atoms with Gasteiger partial charge in [0.1, 0.15) is 11.5 Å². The SMILES string of the molecule is C=CCc1cc(-c2cc(CC)cc(CC=C)c2O)cc(CN2CCCC2)c1O.Cl. The lowest BCUT2D eigenvalue weighted by Gasteiger charge is -2.19. The van der Waals surface area contributed by atoms with Crippen LogP contribution in [0.4, 0.5) is 0 Å². The minimum Gasteiger partial charge on any atom is -0.507 e. The molecule has 1 fully saturated rings. The number of phenolic OH excluding ortho intramolecular Hbond substituents is 2. The molecule has 0 unspecified atom stereocenters. The zero-order valence-corrected chi connectivity index (χ0v) is 18.1. The van der Waals surface area contributed by atoms with Crippen LogP contribution in [0.3, 0.4) is 0 Å². The lowest BCUT2D eigenvalue weighted by molar-refractivity contribution is 0.323.